The predicted molar refractivity (Wildman–Crippen MR) is 122 cm³/mol. The zero-order valence-electron chi connectivity index (χ0n) is 17.1. The molecule has 150 valence electrons. The fourth-order valence-electron chi connectivity index (χ4n) is 3.77. The first-order valence-electron chi connectivity index (χ1n) is 10.6. The molecular formula is C27H26N2O. The Bertz CT molecular complexity index is 1070. The summed E-state index contributed by atoms with van der Waals surface area (Å²) in [7, 11) is 0. The number of aromatic nitrogens is 2. The first kappa shape index (κ1) is 19.8. The Morgan fingerprint density at radius 1 is 0.700 bits per heavy atom. The lowest BCUT2D eigenvalue weighted by Gasteiger charge is -2.11. The Morgan fingerprint density at radius 3 is 1.97 bits per heavy atom. The van der Waals surface area contributed by atoms with Crippen molar-refractivity contribution in [3.05, 3.63) is 103 Å². The third-order valence-corrected chi connectivity index (χ3v) is 5.33. The van der Waals surface area contributed by atoms with Gasteiger partial charge in [-0.3, -0.25) is 4.79 Å². The van der Waals surface area contributed by atoms with Crippen molar-refractivity contribution in [1.82, 2.24) is 9.55 Å². The third-order valence-electron chi connectivity index (χ3n) is 5.33. The van der Waals surface area contributed by atoms with Gasteiger partial charge in [-0.15, -0.1) is 0 Å². The molecule has 4 aromatic rings. The van der Waals surface area contributed by atoms with Gasteiger partial charge in [-0.2, -0.15) is 0 Å². The molecule has 1 heterocycles. The average molecular weight is 395 g/mol. The lowest BCUT2D eigenvalue weighted by Crippen LogP contribution is -2.01. The van der Waals surface area contributed by atoms with Gasteiger partial charge in [-0.1, -0.05) is 97.4 Å². The number of carbonyl (C=O) groups is 1. The van der Waals surface area contributed by atoms with Crippen molar-refractivity contribution >= 4 is 5.78 Å². The van der Waals surface area contributed by atoms with Gasteiger partial charge in [0.05, 0.1) is 17.7 Å². The standard InChI is InChI=1S/C27H26N2O/c30-25(22-13-5-1-6-14-22)19-11-4-12-20-29-21-28-26(23-15-7-2-8-16-23)27(29)24-17-9-3-10-18-24/h1-3,5-10,13-18,21H,4,11-12,19-20H2. The van der Waals surface area contributed by atoms with Gasteiger partial charge in [0.25, 0.3) is 0 Å². The van der Waals surface area contributed by atoms with E-state index in [2.05, 4.69) is 41.0 Å². The molecule has 0 aliphatic rings. The second-order valence-corrected chi connectivity index (χ2v) is 7.47. The minimum atomic E-state index is 0.231. The number of unbranched alkanes of at least 4 members (excludes halogenated alkanes) is 2. The number of imidazole rings is 1. The van der Waals surface area contributed by atoms with Crippen molar-refractivity contribution in [1.29, 1.82) is 0 Å². The Balaban J connectivity index is 1.42. The van der Waals surface area contributed by atoms with E-state index in [4.69, 9.17) is 4.98 Å². The number of ketones is 1. The van der Waals surface area contributed by atoms with Gasteiger partial charge in [0.1, 0.15) is 0 Å². The molecule has 0 amide bonds. The van der Waals surface area contributed by atoms with E-state index in [0.29, 0.717) is 6.42 Å². The maximum atomic E-state index is 12.3. The Morgan fingerprint density at radius 2 is 1.30 bits per heavy atom. The molecule has 0 fully saturated rings. The van der Waals surface area contributed by atoms with Crippen molar-refractivity contribution < 1.29 is 4.79 Å². The first-order chi connectivity index (χ1) is 14.8. The highest BCUT2D eigenvalue weighted by Gasteiger charge is 2.14. The third kappa shape index (κ3) is 4.74. The van der Waals surface area contributed by atoms with Crippen LogP contribution < -0.4 is 0 Å². The SMILES string of the molecule is O=C(CCCCCn1cnc(-c2ccccc2)c1-c1ccccc1)c1ccccc1. The number of hydrogen-bond acceptors (Lipinski definition) is 2. The van der Waals surface area contributed by atoms with Crippen LogP contribution in [-0.2, 0) is 6.54 Å². The maximum absolute atomic E-state index is 12.3. The quantitative estimate of drug-likeness (QED) is 0.235. The summed E-state index contributed by atoms with van der Waals surface area (Å²) in [5.74, 6) is 0.231. The number of carbonyl (C=O) groups excluding carboxylic acids is 1. The number of nitrogens with zero attached hydrogens (tertiary/aromatic N) is 2. The minimum Gasteiger partial charge on any atom is -0.330 e. The topological polar surface area (TPSA) is 34.9 Å². The summed E-state index contributed by atoms with van der Waals surface area (Å²) in [6, 6.07) is 30.3. The number of rotatable bonds is 9. The summed E-state index contributed by atoms with van der Waals surface area (Å²) < 4.78 is 2.25. The highest BCUT2D eigenvalue weighted by molar-refractivity contribution is 5.95. The van der Waals surface area contributed by atoms with E-state index >= 15 is 0 Å². The van der Waals surface area contributed by atoms with Crippen LogP contribution in [0.25, 0.3) is 22.5 Å². The monoisotopic (exact) mass is 394 g/mol. The molecule has 0 unspecified atom stereocenters. The van der Waals surface area contributed by atoms with Gasteiger partial charge in [-0.25, -0.2) is 4.98 Å². The summed E-state index contributed by atoms with van der Waals surface area (Å²) in [6.45, 7) is 0.892. The molecule has 4 rings (SSSR count). The van der Waals surface area contributed by atoms with Gasteiger partial charge < -0.3 is 4.57 Å². The normalized spacial score (nSPS) is 10.8. The zero-order chi connectivity index (χ0) is 20.6. The van der Waals surface area contributed by atoms with Gasteiger partial charge in [-0.05, 0) is 12.8 Å². The van der Waals surface area contributed by atoms with Crippen LogP contribution in [-0.4, -0.2) is 15.3 Å². The first-order valence-corrected chi connectivity index (χ1v) is 10.6. The molecule has 3 aromatic carbocycles. The van der Waals surface area contributed by atoms with Crippen LogP contribution >= 0.6 is 0 Å². The van der Waals surface area contributed by atoms with Crippen LogP contribution in [0.3, 0.4) is 0 Å². The minimum absolute atomic E-state index is 0.231. The largest absolute Gasteiger partial charge is 0.330 e. The smallest absolute Gasteiger partial charge is 0.162 e. The van der Waals surface area contributed by atoms with Crippen LogP contribution in [0.15, 0.2) is 97.3 Å². The zero-order valence-corrected chi connectivity index (χ0v) is 17.1. The molecule has 1 aromatic heterocycles. The molecule has 0 aliphatic carbocycles. The predicted octanol–water partition coefficient (Wildman–Crippen LogP) is 6.66. The van der Waals surface area contributed by atoms with E-state index in [-0.39, 0.29) is 5.78 Å². The number of aryl methyl sites for hydroxylation is 1. The molecule has 0 bridgehead atoms. The van der Waals surface area contributed by atoms with Crippen LogP contribution in [0.5, 0.6) is 0 Å². The molecule has 0 saturated heterocycles. The van der Waals surface area contributed by atoms with Gasteiger partial charge in [0, 0.05) is 29.7 Å². The van der Waals surface area contributed by atoms with Gasteiger partial charge >= 0.3 is 0 Å². The molecular weight excluding hydrogens is 368 g/mol. The molecule has 0 N–H and O–H groups in total. The summed E-state index contributed by atoms with van der Waals surface area (Å²) in [5.41, 5.74) is 5.28. The molecule has 3 nitrogen and oxygen atoms in total. The van der Waals surface area contributed by atoms with E-state index in [1.54, 1.807) is 0 Å². The summed E-state index contributed by atoms with van der Waals surface area (Å²) >= 11 is 0. The second kappa shape index (κ2) is 9.84. The summed E-state index contributed by atoms with van der Waals surface area (Å²) in [6.07, 6.45) is 5.50. The van der Waals surface area contributed by atoms with Crippen molar-refractivity contribution in [2.24, 2.45) is 0 Å². The van der Waals surface area contributed by atoms with Crippen molar-refractivity contribution in [3.63, 3.8) is 0 Å². The summed E-state index contributed by atoms with van der Waals surface area (Å²) in [4.78, 5) is 17.0. The van der Waals surface area contributed by atoms with E-state index in [1.807, 2.05) is 60.9 Å². The molecule has 0 radical (unpaired) electrons. The van der Waals surface area contributed by atoms with Crippen LogP contribution in [0.4, 0.5) is 0 Å². The van der Waals surface area contributed by atoms with E-state index in [1.165, 1.54) is 5.56 Å². The van der Waals surface area contributed by atoms with Crippen molar-refractivity contribution in [2.75, 3.05) is 0 Å². The lowest BCUT2D eigenvalue weighted by molar-refractivity contribution is 0.0979. The van der Waals surface area contributed by atoms with Crippen molar-refractivity contribution in [3.8, 4) is 22.5 Å². The maximum Gasteiger partial charge on any atom is 0.162 e. The number of hydrogen-bond donors (Lipinski definition) is 0. The molecule has 0 spiro atoms. The Kier molecular flexibility index (Phi) is 6.51. The molecule has 3 heteroatoms. The highest BCUT2D eigenvalue weighted by Crippen LogP contribution is 2.31. The van der Waals surface area contributed by atoms with Crippen molar-refractivity contribution in [2.45, 2.75) is 32.2 Å². The lowest BCUT2D eigenvalue weighted by atomic mass is 10.0. The fourth-order valence-corrected chi connectivity index (χ4v) is 3.77. The van der Waals surface area contributed by atoms with Crippen LogP contribution in [0.1, 0.15) is 36.0 Å². The summed E-state index contributed by atoms with van der Waals surface area (Å²) in [5, 5.41) is 0. The molecule has 0 atom stereocenters. The van der Waals surface area contributed by atoms with E-state index in [9.17, 15) is 4.79 Å². The van der Waals surface area contributed by atoms with Gasteiger partial charge in [0.2, 0.25) is 0 Å². The second-order valence-electron chi connectivity index (χ2n) is 7.47. The van der Waals surface area contributed by atoms with E-state index < -0.39 is 0 Å². The van der Waals surface area contributed by atoms with E-state index in [0.717, 1.165) is 48.3 Å². The molecule has 0 saturated carbocycles. The average Bonchev–Trinajstić information content (AvgIpc) is 3.24. The number of Topliss-reactive ketones (excluding diaryl/α,β-unsaturated/α-hetero) is 1. The molecule has 0 aliphatic heterocycles. The number of benzene rings is 3. The Hall–Kier alpha value is -3.46. The van der Waals surface area contributed by atoms with Gasteiger partial charge in [0.15, 0.2) is 5.78 Å². The molecule has 30 heavy (non-hydrogen) atoms. The highest BCUT2D eigenvalue weighted by atomic mass is 16.1. The Labute approximate surface area is 178 Å². The fraction of sp³-hybridized carbons (Fsp3) is 0.185. The van der Waals surface area contributed by atoms with Crippen LogP contribution in [0, 0.1) is 0 Å². The van der Waals surface area contributed by atoms with Crippen LogP contribution in [0.2, 0.25) is 0 Å².